The second kappa shape index (κ2) is 9.10. The highest BCUT2D eigenvalue weighted by Crippen LogP contribution is 2.35. The number of sulfonamides is 1. The lowest BCUT2D eigenvalue weighted by atomic mass is 10.0. The molecule has 160 valence electrons. The minimum atomic E-state index is -3.70. The van der Waals surface area contributed by atoms with Crippen LogP contribution >= 0.6 is 11.3 Å². The van der Waals surface area contributed by atoms with Crippen molar-refractivity contribution in [3.63, 3.8) is 0 Å². The van der Waals surface area contributed by atoms with Crippen LogP contribution in [-0.4, -0.2) is 38.3 Å². The molecule has 0 spiro atoms. The van der Waals surface area contributed by atoms with Gasteiger partial charge in [0.25, 0.3) is 5.91 Å². The Morgan fingerprint density at radius 1 is 1.37 bits per heavy atom. The molecule has 0 aliphatic heterocycles. The van der Waals surface area contributed by atoms with Gasteiger partial charge in [0.15, 0.2) is 5.13 Å². The number of carbonyl (C=O) groups is 1. The van der Waals surface area contributed by atoms with Crippen LogP contribution in [0.4, 0.5) is 15.2 Å². The van der Waals surface area contributed by atoms with E-state index in [1.54, 1.807) is 31.2 Å². The zero-order chi connectivity index (χ0) is 21.9. The Morgan fingerprint density at radius 2 is 2.07 bits per heavy atom. The van der Waals surface area contributed by atoms with Gasteiger partial charge in [0.05, 0.1) is 17.9 Å². The van der Waals surface area contributed by atoms with E-state index >= 15 is 0 Å². The molecule has 2 aromatic rings. The first-order valence-electron chi connectivity index (χ1n) is 9.57. The van der Waals surface area contributed by atoms with Crippen LogP contribution in [0.3, 0.4) is 0 Å². The molecule has 1 heterocycles. The number of carbonyl (C=O) groups excluding carboxylic acids is 1. The Hall–Kier alpha value is -2.51. The molecule has 1 aliphatic rings. The molecule has 1 saturated carbocycles. The van der Waals surface area contributed by atoms with Crippen molar-refractivity contribution in [2.24, 2.45) is 5.92 Å². The highest BCUT2D eigenvalue weighted by atomic mass is 32.2. The standard InChI is InChI=1S/C20H23FN4O3S2/c1-13-18(19(26)24-30(2,27)28)23-20(29-13)25(10-9-14-3-6-16(21)11-14)17-7-4-15(12-22)5-8-17/h4-5,7-8,14,16H,3,6,9-11H2,1-2H3,(H,24,26)/t14-,16+/m1/s1. The topological polar surface area (TPSA) is 103 Å². The molecule has 1 fully saturated rings. The third kappa shape index (κ3) is 5.55. The lowest BCUT2D eigenvalue weighted by Crippen LogP contribution is -2.30. The van der Waals surface area contributed by atoms with Gasteiger partial charge in [-0.15, -0.1) is 11.3 Å². The first kappa shape index (κ1) is 22.2. The number of hydrogen-bond acceptors (Lipinski definition) is 7. The van der Waals surface area contributed by atoms with Gasteiger partial charge in [-0.25, -0.2) is 22.5 Å². The van der Waals surface area contributed by atoms with Crippen LogP contribution in [0.2, 0.25) is 0 Å². The Kier molecular flexibility index (Phi) is 6.73. The van der Waals surface area contributed by atoms with Crippen molar-refractivity contribution in [2.45, 2.75) is 38.8 Å². The SMILES string of the molecule is Cc1sc(N(CC[C@H]2CC[C@H](F)C2)c2ccc(C#N)cc2)nc1C(=O)NS(C)(=O)=O. The number of amides is 1. The molecule has 0 bridgehead atoms. The predicted octanol–water partition coefficient (Wildman–Crippen LogP) is 3.68. The van der Waals surface area contributed by atoms with Crippen LogP contribution in [0.5, 0.6) is 0 Å². The van der Waals surface area contributed by atoms with Crippen molar-refractivity contribution in [3.8, 4) is 6.07 Å². The maximum Gasteiger partial charge on any atom is 0.284 e. The van der Waals surface area contributed by atoms with Crippen LogP contribution in [-0.2, 0) is 10.0 Å². The summed E-state index contributed by atoms with van der Waals surface area (Å²) in [6, 6.07) is 9.09. The van der Waals surface area contributed by atoms with Crippen LogP contribution < -0.4 is 9.62 Å². The number of aryl methyl sites for hydroxylation is 1. The molecule has 1 aromatic heterocycles. The van der Waals surface area contributed by atoms with Crippen molar-refractivity contribution in [2.75, 3.05) is 17.7 Å². The molecular formula is C20H23FN4O3S2. The maximum absolute atomic E-state index is 13.6. The first-order chi connectivity index (χ1) is 14.2. The quantitative estimate of drug-likeness (QED) is 0.690. The van der Waals surface area contributed by atoms with Crippen LogP contribution in [0.25, 0.3) is 0 Å². The smallest absolute Gasteiger partial charge is 0.284 e. The van der Waals surface area contributed by atoms with Gasteiger partial charge in [0.2, 0.25) is 10.0 Å². The minimum absolute atomic E-state index is 0.0590. The van der Waals surface area contributed by atoms with Crippen molar-refractivity contribution in [1.82, 2.24) is 9.71 Å². The molecule has 3 rings (SSSR count). The average Bonchev–Trinajstić information content (AvgIpc) is 3.26. The lowest BCUT2D eigenvalue weighted by Gasteiger charge is -2.23. The van der Waals surface area contributed by atoms with E-state index in [2.05, 4.69) is 11.1 Å². The van der Waals surface area contributed by atoms with E-state index < -0.39 is 22.1 Å². The molecular weight excluding hydrogens is 427 g/mol. The Bertz CT molecular complexity index is 1060. The van der Waals surface area contributed by atoms with E-state index in [0.29, 0.717) is 35.0 Å². The maximum atomic E-state index is 13.6. The molecule has 1 amide bonds. The number of nitrogens with one attached hydrogen (secondary N) is 1. The van der Waals surface area contributed by atoms with E-state index in [9.17, 15) is 17.6 Å². The van der Waals surface area contributed by atoms with E-state index in [0.717, 1.165) is 24.8 Å². The molecule has 0 unspecified atom stereocenters. The summed E-state index contributed by atoms with van der Waals surface area (Å²) in [6.45, 7) is 2.28. The number of benzene rings is 1. The zero-order valence-corrected chi connectivity index (χ0v) is 18.4. The largest absolute Gasteiger partial charge is 0.318 e. The Balaban J connectivity index is 1.88. The normalized spacial score (nSPS) is 18.7. The molecule has 2 atom stereocenters. The molecule has 0 saturated heterocycles. The van der Waals surface area contributed by atoms with E-state index in [4.69, 9.17) is 5.26 Å². The third-order valence-corrected chi connectivity index (χ3v) is 6.61. The fourth-order valence-electron chi connectivity index (χ4n) is 3.56. The van der Waals surface area contributed by atoms with E-state index in [1.807, 2.05) is 9.62 Å². The molecule has 10 heteroatoms. The zero-order valence-electron chi connectivity index (χ0n) is 16.8. The van der Waals surface area contributed by atoms with E-state index in [1.165, 1.54) is 11.3 Å². The van der Waals surface area contributed by atoms with Crippen LogP contribution in [0.15, 0.2) is 24.3 Å². The summed E-state index contributed by atoms with van der Waals surface area (Å²) in [5.41, 5.74) is 1.38. The number of rotatable bonds is 7. The molecule has 1 N–H and O–H groups in total. The number of anilines is 2. The Morgan fingerprint density at radius 3 is 2.63 bits per heavy atom. The van der Waals surface area contributed by atoms with Gasteiger partial charge in [-0.2, -0.15) is 5.26 Å². The number of halogens is 1. The molecule has 1 aliphatic carbocycles. The monoisotopic (exact) mass is 450 g/mol. The minimum Gasteiger partial charge on any atom is -0.318 e. The van der Waals surface area contributed by atoms with Gasteiger partial charge in [0, 0.05) is 17.1 Å². The molecule has 0 radical (unpaired) electrons. The fourth-order valence-corrected chi connectivity index (χ4v) is 4.95. The molecule has 30 heavy (non-hydrogen) atoms. The first-order valence-corrected chi connectivity index (χ1v) is 12.3. The second-order valence-corrected chi connectivity index (χ2v) is 10.4. The number of alkyl halides is 1. The van der Waals surface area contributed by atoms with Gasteiger partial charge in [-0.05, 0) is 62.8 Å². The number of nitriles is 1. The number of hydrogen-bond donors (Lipinski definition) is 1. The summed E-state index contributed by atoms with van der Waals surface area (Å²) in [4.78, 5) is 19.2. The summed E-state index contributed by atoms with van der Waals surface area (Å²) >= 11 is 1.28. The molecule has 7 nitrogen and oxygen atoms in total. The fraction of sp³-hybridized carbons (Fsp3) is 0.450. The highest BCUT2D eigenvalue weighted by molar-refractivity contribution is 7.89. The van der Waals surface area contributed by atoms with Crippen molar-refractivity contribution >= 4 is 38.1 Å². The Labute approximate surface area is 179 Å². The van der Waals surface area contributed by atoms with Gasteiger partial charge in [-0.3, -0.25) is 4.79 Å². The molecule has 1 aromatic carbocycles. The van der Waals surface area contributed by atoms with E-state index in [-0.39, 0.29) is 11.6 Å². The van der Waals surface area contributed by atoms with Gasteiger partial charge in [-0.1, -0.05) is 0 Å². The number of thiazole rings is 1. The second-order valence-electron chi connectivity index (χ2n) is 7.48. The number of nitrogens with zero attached hydrogens (tertiary/aromatic N) is 3. The van der Waals surface area contributed by atoms with Gasteiger partial charge < -0.3 is 4.90 Å². The summed E-state index contributed by atoms with van der Waals surface area (Å²) in [6.07, 6.45) is 2.93. The van der Waals surface area contributed by atoms with Crippen LogP contribution in [0.1, 0.15) is 46.6 Å². The van der Waals surface area contributed by atoms with Crippen molar-refractivity contribution in [3.05, 3.63) is 40.4 Å². The van der Waals surface area contributed by atoms with Crippen LogP contribution in [0, 0.1) is 24.2 Å². The van der Waals surface area contributed by atoms with Crippen molar-refractivity contribution < 1.29 is 17.6 Å². The van der Waals surface area contributed by atoms with Gasteiger partial charge in [0.1, 0.15) is 11.9 Å². The summed E-state index contributed by atoms with van der Waals surface area (Å²) < 4.78 is 38.3. The number of aromatic nitrogens is 1. The van der Waals surface area contributed by atoms with Gasteiger partial charge >= 0.3 is 0 Å². The predicted molar refractivity (Wildman–Crippen MR) is 114 cm³/mol. The average molecular weight is 451 g/mol. The summed E-state index contributed by atoms with van der Waals surface area (Å²) in [5, 5.41) is 9.59. The third-order valence-electron chi connectivity index (χ3n) is 5.06. The lowest BCUT2D eigenvalue weighted by molar-refractivity contribution is 0.0977. The van der Waals surface area contributed by atoms with Crippen molar-refractivity contribution in [1.29, 1.82) is 5.26 Å². The summed E-state index contributed by atoms with van der Waals surface area (Å²) in [5.74, 6) is -0.483. The highest BCUT2D eigenvalue weighted by Gasteiger charge is 2.26. The summed E-state index contributed by atoms with van der Waals surface area (Å²) in [7, 11) is -3.70.